The van der Waals surface area contributed by atoms with Crippen LogP contribution >= 0.6 is 11.8 Å². The lowest BCUT2D eigenvalue weighted by Gasteiger charge is -2.07. The van der Waals surface area contributed by atoms with Gasteiger partial charge in [0.25, 0.3) is 5.89 Å². The van der Waals surface area contributed by atoms with Crippen LogP contribution in [0.4, 0.5) is 5.69 Å². The molecule has 4 aromatic rings. The van der Waals surface area contributed by atoms with E-state index in [1.54, 1.807) is 12.1 Å². The molecule has 2 aromatic carbocycles. The van der Waals surface area contributed by atoms with Crippen LogP contribution in [0.2, 0.25) is 0 Å². The molecule has 0 radical (unpaired) electrons. The highest BCUT2D eigenvalue weighted by atomic mass is 32.2. The summed E-state index contributed by atoms with van der Waals surface area (Å²) in [5.41, 5.74) is 1.56. The monoisotopic (exact) mass is 450 g/mol. The average Bonchev–Trinajstić information content (AvgIpc) is 3.46. The highest BCUT2D eigenvalue weighted by molar-refractivity contribution is 7.99. The molecule has 0 saturated carbocycles. The van der Waals surface area contributed by atoms with Gasteiger partial charge in [0.05, 0.1) is 12.4 Å². The minimum absolute atomic E-state index is 0.143. The molecule has 1 N–H and O–H groups in total. The smallest absolute Gasteiger partial charge is 0.296 e. The Balaban J connectivity index is 1.41. The van der Waals surface area contributed by atoms with Gasteiger partial charge >= 0.3 is 0 Å². The molecule has 164 valence electrons. The Bertz CT molecular complexity index is 1170. The molecule has 0 aliphatic heterocycles. The summed E-state index contributed by atoms with van der Waals surface area (Å²) in [4.78, 5) is 16.8. The topological polar surface area (TPSA) is 108 Å². The number of amides is 1. The first-order valence-electron chi connectivity index (χ1n) is 10.2. The zero-order valence-corrected chi connectivity index (χ0v) is 18.5. The Morgan fingerprint density at radius 3 is 2.59 bits per heavy atom. The van der Waals surface area contributed by atoms with Crippen molar-refractivity contribution in [3.8, 4) is 28.9 Å². The summed E-state index contributed by atoms with van der Waals surface area (Å²) in [5, 5.41) is 15.9. The molecule has 2 heterocycles. The van der Waals surface area contributed by atoms with E-state index in [1.165, 1.54) is 11.8 Å². The van der Waals surface area contributed by atoms with Crippen molar-refractivity contribution in [3.05, 3.63) is 54.6 Å². The molecule has 0 bridgehead atoms. The molecule has 32 heavy (non-hydrogen) atoms. The SMILES string of the molecule is CCOc1ccc(NC(=O)CSc2nnc(-c3nc(-c4ccccc4)no3)n2CC)cc1. The number of aromatic nitrogens is 5. The van der Waals surface area contributed by atoms with Gasteiger partial charge in [-0.15, -0.1) is 10.2 Å². The second kappa shape index (κ2) is 10.1. The minimum Gasteiger partial charge on any atom is -0.494 e. The van der Waals surface area contributed by atoms with Crippen molar-refractivity contribution in [3.63, 3.8) is 0 Å². The van der Waals surface area contributed by atoms with Gasteiger partial charge in [0.2, 0.25) is 17.6 Å². The van der Waals surface area contributed by atoms with Gasteiger partial charge in [-0.05, 0) is 38.1 Å². The molecule has 4 rings (SSSR count). The Morgan fingerprint density at radius 2 is 1.88 bits per heavy atom. The molecule has 2 aromatic heterocycles. The maximum absolute atomic E-state index is 12.4. The number of benzene rings is 2. The van der Waals surface area contributed by atoms with Crippen LogP contribution in [0, 0.1) is 0 Å². The number of carbonyl (C=O) groups is 1. The van der Waals surface area contributed by atoms with E-state index in [9.17, 15) is 4.79 Å². The number of hydrogen-bond donors (Lipinski definition) is 1. The molecule has 0 aliphatic carbocycles. The predicted octanol–water partition coefficient (Wildman–Crippen LogP) is 4.14. The van der Waals surface area contributed by atoms with E-state index in [2.05, 4.69) is 25.7 Å². The fourth-order valence-corrected chi connectivity index (χ4v) is 3.79. The molecule has 1 amide bonds. The first-order chi connectivity index (χ1) is 15.7. The number of nitrogens with zero attached hydrogens (tertiary/aromatic N) is 5. The van der Waals surface area contributed by atoms with Crippen molar-refractivity contribution >= 4 is 23.4 Å². The van der Waals surface area contributed by atoms with E-state index in [4.69, 9.17) is 9.26 Å². The van der Waals surface area contributed by atoms with Crippen LogP contribution in [0.15, 0.2) is 64.3 Å². The Labute approximate surface area is 189 Å². The lowest BCUT2D eigenvalue weighted by molar-refractivity contribution is -0.113. The molecule has 0 aliphatic rings. The molecule has 10 heteroatoms. The summed E-state index contributed by atoms with van der Waals surface area (Å²) in [6.07, 6.45) is 0. The van der Waals surface area contributed by atoms with Crippen molar-refractivity contribution in [2.75, 3.05) is 17.7 Å². The fraction of sp³-hybridized carbons (Fsp3) is 0.227. The van der Waals surface area contributed by atoms with Crippen molar-refractivity contribution in [1.82, 2.24) is 24.9 Å². The molecular formula is C22H22N6O3S. The molecule has 0 unspecified atom stereocenters. The lowest BCUT2D eigenvalue weighted by atomic mass is 10.2. The van der Waals surface area contributed by atoms with Crippen LogP contribution in [0.3, 0.4) is 0 Å². The van der Waals surface area contributed by atoms with Crippen LogP contribution in [0.1, 0.15) is 13.8 Å². The van der Waals surface area contributed by atoms with E-state index < -0.39 is 0 Å². The van der Waals surface area contributed by atoms with Crippen molar-refractivity contribution in [2.24, 2.45) is 0 Å². The minimum atomic E-state index is -0.143. The van der Waals surface area contributed by atoms with Crippen LogP contribution < -0.4 is 10.1 Å². The van der Waals surface area contributed by atoms with Gasteiger partial charge in [-0.1, -0.05) is 47.3 Å². The van der Waals surface area contributed by atoms with Crippen LogP contribution in [0.25, 0.3) is 23.1 Å². The summed E-state index contributed by atoms with van der Waals surface area (Å²) in [6, 6.07) is 16.8. The number of thioether (sulfide) groups is 1. The second-order valence-corrected chi connectivity index (χ2v) is 7.58. The van der Waals surface area contributed by atoms with E-state index >= 15 is 0 Å². The Morgan fingerprint density at radius 1 is 1.09 bits per heavy atom. The first kappa shape index (κ1) is 21.6. The van der Waals surface area contributed by atoms with Gasteiger partial charge in [-0.2, -0.15) is 4.98 Å². The van der Waals surface area contributed by atoms with Crippen LogP contribution in [-0.4, -0.2) is 43.2 Å². The highest BCUT2D eigenvalue weighted by Crippen LogP contribution is 2.25. The van der Waals surface area contributed by atoms with E-state index in [0.717, 1.165) is 11.3 Å². The summed E-state index contributed by atoms with van der Waals surface area (Å²) in [7, 11) is 0. The van der Waals surface area contributed by atoms with Gasteiger partial charge in [0.1, 0.15) is 5.75 Å². The predicted molar refractivity (Wildman–Crippen MR) is 121 cm³/mol. The third-order valence-electron chi connectivity index (χ3n) is 4.46. The standard InChI is InChI=1S/C22H22N6O3S/c1-3-28-20(21-24-19(27-31-21)15-8-6-5-7-9-15)25-26-22(28)32-14-18(29)23-16-10-12-17(13-11-16)30-4-2/h5-13H,3-4,14H2,1-2H3,(H,23,29). The average molecular weight is 451 g/mol. The Kier molecular flexibility index (Phi) is 6.81. The van der Waals surface area contributed by atoms with E-state index in [0.29, 0.717) is 35.6 Å². The lowest BCUT2D eigenvalue weighted by Crippen LogP contribution is -2.14. The number of rotatable bonds is 9. The van der Waals surface area contributed by atoms with Gasteiger partial charge < -0.3 is 14.6 Å². The first-order valence-corrected chi connectivity index (χ1v) is 11.1. The molecule has 0 fully saturated rings. The van der Waals surface area contributed by atoms with Gasteiger partial charge in [0, 0.05) is 17.8 Å². The van der Waals surface area contributed by atoms with Crippen molar-refractivity contribution < 1.29 is 14.1 Å². The van der Waals surface area contributed by atoms with E-state index in [1.807, 2.05) is 60.9 Å². The van der Waals surface area contributed by atoms with Crippen molar-refractivity contribution in [2.45, 2.75) is 25.5 Å². The quantitative estimate of drug-likeness (QED) is 0.379. The normalized spacial score (nSPS) is 10.8. The molecule has 0 atom stereocenters. The van der Waals surface area contributed by atoms with Gasteiger partial charge in [-0.3, -0.25) is 9.36 Å². The molecule has 0 spiro atoms. The Hall–Kier alpha value is -3.66. The highest BCUT2D eigenvalue weighted by Gasteiger charge is 2.20. The molecule has 0 saturated heterocycles. The number of hydrogen-bond acceptors (Lipinski definition) is 8. The van der Waals surface area contributed by atoms with Gasteiger partial charge in [0.15, 0.2) is 5.16 Å². The summed E-state index contributed by atoms with van der Waals surface area (Å²) in [5.74, 6) is 2.04. The number of anilines is 1. The van der Waals surface area contributed by atoms with Crippen molar-refractivity contribution in [1.29, 1.82) is 0 Å². The third kappa shape index (κ3) is 4.97. The summed E-state index contributed by atoms with van der Waals surface area (Å²) >= 11 is 1.29. The second-order valence-electron chi connectivity index (χ2n) is 6.63. The zero-order chi connectivity index (χ0) is 22.3. The number of ether oxygens (including phenoxy) is 1. The van der Waals surface area contributed by atoms with Crippen LogP contribution in [0.5, 0.6) is 5.75 Å². The maximum Gasteiger partial charge on any atom is 0.296 e. The molecule has 9 nitrogen and oxygen atoms in total. The fourth-order valence-electron chi connectivity index (χ4n) is 2.99. The summed E-state index contributed by atoms with van der Waals surface area (Å²) in [6.45, 7) is 5.08. The largest absolute Gasteiger partial charge is 0.494 e. The number of nitrogens with one attached hydrogen (secondary N) is 1. The summed E-state index contributed by atoms with van der Waals surface area (Å²) < 4.78 is 12.7. The van der Waals surface area contributed by atoms with Crippen LogP contribution in [-0.2, 0) is 11.3 Å². The zero-order valence-electron chi connectivity index (χ0n) is 17.7. The van der Waals surface area contributed by atoms with E-state index in [-0.39, 0.29) is 17.6 Å². The number of carbonyl (C=O) groups excluding carboxylic acids is 1. The third-order valence-corrected chi connectivity index (χ3v) is 5.43. The molecular weight excluding hydrogens is 428 g/mol. The van der Waals surface area contributed by atoms with Gasteiger partial charge in [-0.25, -0.2) is 0 Å². The maximum atomic E-state index is 12.4.